The Kier molecular flexibility index (Phi) is 10.2. The molecule has 1 aliphatic heterocycles. The lowest BCUT2D eigenvalue weighted by atomic mass is 10.0. The van der Waals surface area contributed by atoms with Crippen LogP contribution in [0.3, 0.4) is 0 Å². The first-order chi connectivity index (χ1) is 19.9. The molecule has 224 valence electrons. The fourth-order valence-electron chi connectivity index (χ4n) is 4.57. The minimum absolute atomic E-state index is 0.0164. The molecule has 3 aromatic rings. The molecule has 1 heterocycles. The number of halogens is 2. The molecule has 42 heavy (non-hydrogen) atoms. The van der Waals surface area contributed by atoms with E-state index in [1.54, 1.807) is 30.3 Å². The van der Waals surface area contributed by atoms with Gasteiger partial charge in [-0.2, -0.15) is 0 Å². The van der Waals surface area contributed by atoms with Crippen LogP contribution in [0.15, 0.2) is 66.7 Å². The first-order valence-electron chi connectivity index (χ1n) is 13.4. The van der Waals surface area contributed by atoms with Crippen molar-refractivity contribution in [1.29, 1.82) is 0 Å². The van der Waals surface area contributed by atoms with Crippen molar-refractivity contribution in [3.8, 4) is 11.5 Å². The molecule has 1 unspecified atom stereocenters. The van der Waals surface area contributed by atoms with E-state index >= 15 is 0 Å². The lowest BCUT2D eigenvalue weighted by Gasteiger charge is -2.34. The van der Waals surface area contributed by atoms with E-state index in [9.17, 15) is 18.0 Å². The molecule has 0 radical (unpaired) electrons. The average molecular weight is 635 g/mol. The zero-order valence-electron chi connectivity index (χ0n) is 23.5. The quantitative estimate of drug-likeness (QED) is 0.328. The second-order valence-corrected chi connectivity index (χ2v) is 13.0. The average Bonchev–Trinajstić information content (AvgIpc) is 2.94. The molecule has 4 rings (SSSR count). The highest BCUT2D eigenvalue weighted by atomic mass is 35.5. The summed E-state index contributed by atoms with van der Waals surface area (Å²) in [7, 11) is -3.93. The first-order valence-corrected chi connectivity index (χ1v) is 16.0. The van der Waals surface area contributed by atoms with Crippen LogP contribution in [-0.4, -0.2) is 63.2 Å². The van der Waals surface area contributed by atoms with Crippen LogP contribution in [-0.2, 0) is 32.6 Å². The number of ether oxygens (including phenoxy) is 2. The molecular formula is C30H33Cl2N3O6S. The number of carbonyl (C=O) groups excluding carboxylic acids is 2. The molecule has 0 spiro atoms. The fraction of sp³-hybridized carbons (Fsp3) is 0.333. The van der Waals surface area contributed by atoms with Crippen molar-refractivity contribution in [2.75, 3.05) is 30.3 Å². The van der Waals surface area contributed by atoms with Crippen molar-refractivity contribution in [1.82, 2.24) is 10.2 Å². The maximum atomic E-state index is 14.2. The number of fused-ring (bicyclic) bond motifs is 1. The Morgan fingerprint density at radius 2 is 1.60 bits per heavy atom. The van der Waals surface area contributed by atoms with E-state index in [1.165, 1.54) is 11.0 Å². The molecule has 0 saturated heterocycles. The first kappa shape index (κ1) is 31.5. The number of rotatable bonds is 11. The highest BCUT2D eigenvalue weighted by molar-refractivity contribution is 7.92. The highest BCUT2D eigenvalue weighted by Crippen LogP contribution is 2.35. The van der Waals surface area contributed by atoms with E-state index in [0.717, 1.165) is 16.1 Å². The van der Waals surface area contributed by atoms with Gasteiger partial charge in [-0.05, 0) is 49.2 Å². The smallest absolute Gasteiger partial charge is 0.244 e. The largest absolute Gasteiger partial charge is 0.486 e. The van der Waals surface area contributed by atoms with Crippen molar-refractivity contribution < 1.29 is 27.5 Å². The SMILES string of the molecule is CC(C)NC(=O)C(Cc1ccccc1)N(Cc1ccc(Cl)c(Cl)c1)C(=O)CN(c1ccc2c(c1)OCCO2)S(C)(=O)=O. The Bertz CT molecular complexity index is 1540. The van der Waals surface area contributed by atoms with E-state index < -0.39 is 28.5 Å². The number of anilines is 1. The number of amides is 2. The van der Waals surface area contributed by atoms with E-state index in [0.29, 0.717) is 40.3 Å². The number of hydrogen-bond acceptors (Lipinski definition) is 6. The van der Waals surface area contributed by atoms with Crippen LogP contribution in [0.4, 0.5) is 5.69 Å². The summed E-state index contributed by atoms with van der Waals surface area (Å²) >= 11 is 12.4. The summed E-state index contributed by atoms with van der Waals surface area (Å²) in [5.74, 6) is -0.0844. The Hall–Kier alpha value is -3.47. The van der Waals surface area contributed by atoms with Gasteiger partial charge in [-0.3, -0.25) is 13.9 Å². The van der Waals surface area contributed by atoms with Crippen molar-refractivity contribution in [3.63, 3.8) is 0 Å². The Morgan fingerprint density at radius 1 is 0.905 bits per heavy atom. The predicted molar refractivity (Wildman–Crippen MR) is 164 cm³/mol. The molecule has 0 fully saturated rings. The zero-order valence-corrected chi connectivity index (χ0v) is 25.9. The molecule has 1 aliphatic rings. The molecular weight excluding hydrogens is 601 g/mol. The van der Waals surface area contributed by atoms with E-state index in [1.807, 2.05) is 44.2 Å². The molecule has 12 heteroatoms. The normalized spacial score (nSPS) is 13.4. The van der Waals surface area contributed by atoms with Gasteiger partial charge in [-0.1, -0.05) is 59.6 Å². The van der Waals surface area contributed by atoms with Gasteiger partial charge in [0.1, 0.15) is 25.8 Å². The fourth-order valence-corrected chi connectivity index (χ4v) is 5.73. The second kappa shape index (κ2) is 13.7. The van der Waals surface area contributed by atoms with Crippen molar-refractivity contribution in [2.45, 2.75) is 38.9 Å². The molecule has 0 aliphatic carbocycles. The van der Waals surface area contributed by atoms with Gasteiger partial charge >= 0.3 is 0 Å². The van der Waals surface area contributed by atoms with Crippen molar-refractivity contribution in [2.24, 2.45) is 0 Å². The van der Waals surface area contributed by atoms with Crippen molar-refractivity contribution in [3.05, 3.63) is 87.9 Å². The topological polar surface area (TPSA) is 105 Å². The summed E-state index contributed by atoms with van der Waals surface area (Å²) in [5.41, 5.74) is 1.69. The maximum Gasteiger partial charge on any atom is 0.244 e. The highest BCUT2D eigenvalue weighted by Gasteiger charge is 2.33. The number of carbonyl (C=O) groups is 2. The van der Waals surface area contributed by atoms with Crippen LogP contribution in [0, 0.1) is 0 Å². The van der Waals surface area contributed by atoms with Crippen LogP contribution >= 0.6 is 23.2 Å². The number of sulfonamides is 1. The number of benzene rings is 3. The molecule has 0 aromatic heterocycles. The number of nitrogens with one attached hydrogen (secondary N) is 1. The van der Waals surface area contributed by atoms with Crippen LogP contribution in [0.1, 0.15) is 25.0 Å². The molecule has 0 saturated carbocycles. The molecule has 2 amide bonds. The number of nitrogens with zero attached hydrogens (tertiary/aromatic N) is 2. The minimum Gasteiger partial charge on any atom is -0.486 e. The summed E-state index contributed by atoms with van der Waals surface area (Å²) in [5, 5.41) is 3.55. The Morgan fingerprint density at radius 3 is 2.24 bits per heavy atom. The van der Waals surface area contributed by atoms with E-state index in [2.05, 4.69) is 5.32 Å². The lowest BCUT2D eigenvalue weighted by Crippen LogP contribution is -2.54. The van der Waals surface area contributed by atoms with Gasteiger partial charge in [0.2, 0.25) is 21.8 Å². The monoisotopic (exact) mass is 633 g/mol. The zero-order chi connectivity index (χ0) is 30.4. The molecule has 0 bridgehead atoms. The third-order valence-electron chi connectivity index (χ3n) is 6.53. The Labute approximate surface area is 256 Å². The Balaban J connectivity index is 1.74. The van der Waals surface area contributed by atoms with Gasteiger partial charge in [-0.25, -0.2) is 8.42 Å². The van der Waals surface area contributed by atoms with Crippen LogP contribution < -0.4 is 19.1 Å². The molecule has 9 nitrogen and oxygen atoms in total. The maximum absolute atomic E-state index is 14.2. The lowest BCUT2D eigenvalue weighted by molar-refractivity contribution is -0.140. The van der Waals surface area contributed by atoms with Gasteiger partial charge in [0.25, 0.3) is 0 Å². The summed E-state index contributed by atoms with van der Waals surface area (Å²) in [6.45, 7) is 3.78. The summed E-state index contributed by atoms with van der Waals surface area (Å²) in [4.78, 5) is 29.2. The third-order valence-corrected chi connectivity index (χ3v) is 8.41. The number of hydrogen-bond donors (Lipinski definition) is 1. The van der Waals surface area contributed by atoms with Gasteiger partial charge in [-0.15, -0.1) is 0 Å². The second-order valence-electron chi connectivity index (χ2n) is 10.2. The third kappa shape index (κ3) is 8.08. The van der Waals surface area contributed by atoms with Crippen LogP contribution in [0.25, 0.3) is 0 Å². The van der Waals surface area contributed by atoms with Crippen LogP contribution in [0.2, 0.25) is 10.0 Å². The van der Waals surface area contributed by atoms with E-state index in [4.69, 9.17) is 32.7 Å². The standard InChI is InChI=1S/C30H33Cl2N3O6S/c1-20(2)33-30(37)26(16-21-7-5-4-6-8-21)34(18-22-9-11-24(31)25(32)15-22)29(36)19-35(42(3,38)39)23-10-12-27-28(17-23)41-14-13-40-27/h4-12,15,17,20,26H,13-14,16,18-19H2,1-3H3,(H,33,37). The summed E-state index contributed by atoms with van der Waals surface area (Å²) < 4.78 is 38.2. The van der Waals surface area contributed by atoms with Gasteiger partial charge < -0.3 is 19.7 Å². The molecule has 1 atom stereocenters. The van der Waals surface area contributed by atoms with Crippen LogP contribution in [0.5, 0.6) is 11.5 Å². The summed E-state index contributed by atoms with van der Waals surface area (Å²) in [6, 6.07) is 17.8. The molecule has 1 N–H and O–H groups in total. The molecule has 3 aromatic carbocycles. The van der Waals surface area contributed by atoms with Gasteiger partial charge in [0, 0.05) is 25.1 Å². The van der Waals surface area contributed by atoms with Crippen molar-refractivity contribution >= 4 is 50.7 Å². The van der Waals surface area contributed by atoms with Gasteiger partial charge in [0.05, 0.1) is 22.0 Å². The van der Waals surface area contributed by atoms with Gasteiger partial charge in [0.15, 0.2) is 11.5 Å². The predicted octanol–water partition coefficient (Wildman–Crippen LogP) is 4.70. The van der Waals surface area contributed by atoms with E-state index in [-0.39, 0.29) is 30.6 Å². The summed E-state index contributed by atoms with van der Waals surface area (Å²) in [6.07, 6.45) is 1.22. The minimum atomic E-state index is -3.93.